The number of aliphatic imine (C=N–C) groups is 1. The Morgan fingerprint density at radius 3 is 2.14 bits per heavy atom. The molecule has 462 valence electrons. The Labute approximate surface area is 509 Å². The smallest absolute Gasteiger partial charge is 0.460 e. The molecule has 22 nitrogen and oxygen atoms in total. The first-order valence-corrected chi connectivity index (χ1v) is 32.3. The number of aromatic nitrogens is 4. The van der Waals surface area contributed by atoms with Crippen molar-refractivity contribution in [2.45, 2.75) is 143 Å². The Bertz CT molecular complexity index is 3140. The lowest BCUT2D eigenvalue weighted by Gasteiger charge is -2.35. The molecule has 85 heavy (non-hydrogen) atoms. The number of amides is 4. The summed E-state index contributed by atoms with van der Waals surface area (Å²) in [5, 5.41) is 19.2. The number of carbonyl (C=O) groups excluding carboxylic acids is 5. The maximum Gasteiger partial charge on any atom is 0.469 e. The van der Waals surface area contributed by atoms with Gasteiger partial charge in [0, 0.05) is 47.0 Å². The van der Waals surface area contributed by atoms with Gasteiger partial charge in [-0.2, -0.15) is 0 Å². The molecule has 4 atom stereocenters. The SMILES string of the molecule is Cc1ncsc1-c1ccc(CNC(=O)[C@@H]2C[C@@H](OC(=O)CCCCCCCCCOP(=O)(O)O)CN2C(=O)[C@@H](NC(=O)COCCOCCOCCNC(=O)C[C@@H]2N=C(c3ccc(Cl)cc3)c3c(sc(C)c3C)-n3c(C)nnc32)C(C)(C)C)cc1. The lowest BCUT2D eigenvalue weighted by molar-refractivity contribution is -0.150. The minimum atomic E-state index is -4.46. The lowest BCUT2D eigenvalue weighted by Crippen LogP contribution is -2.58. The zero-order chi connectivity index (χ0) is 61.3. The number of esters is 1. The van der Waals surface area contributed by atoms with E-state index < -0.39 is 61.2 Å². The molecule has 1 fully saturated rings. The monoisotopic (exact) mass is 1250 g/mol. The molecule has 5 heterocycles. The maximum atomic E-state index is 14.6. The first-order chi connectivity index (χ1) is 40.6. The standard InChI is InChI=1S/C59H79ClN9O13PS2/c1-37-39(3)85-58-51(37)52(42-20-22-44(60)23-21-42)64-46(55-67-66-40(4)69(55)58)32-48(70)61-24-26-78-27-28-79-29-30-80-35-49(71)65-54(59(5,6)7)57(74)68-34-45(82-50(72)15-13-11-9-8-10-12-14-25-81-83(75,76)77)31-47(68)56(73)62-33-41-16-18-43(19-17-41)53-38(2)63-36-84-53/h16-23,36,45-47,54H,8-15,24-35H2,1-7H3,(H,61,70)(H,62,73)(H,65,71)(H2,75,76,77)/t45-,46+,47+,54-/m1/s1. The highest BCUT2D eigenvalue weighted by molar-refractivity contribution is 7.46. The molecule has 5 N–H and O–H groups in total. The van der Waals surface area contributed by atoms with Crippen LogP contribution in [0.1, 0.15) is 135 Å². The van der Waals surface area contributed by atoms with Crippen LogP contribution in [0.4, 0.5) is 0 Å². The fraction of sp³-hybridized carbons (Fsp3) is 0.542. The van der Waals surface area contributed by atoms with Crippen molar-refractivity contribution in [1.29, 1.82) is 0 Å². The van der Waals surface area contributed by atoms with Crippen molar-refractivity contribution in [2.75, 3.05) is 59.3 Å². The van der Waals surface area contributed by atoms with Crippen molar-refractivity contribution in [1.82, 2.24) is 40.6 Å². The number of nitrogens with zero attached hydrogens (tertiary/aromatic N) is 6. The molecule has 2 aromatic carbocycles. The molecule has 0 spiro atoms. The summed E-state index contributed by atoms with van der Waals surface area (Å²) in [5.74, 6) is -0.833. The Morgan fingerprint density at radius 2 is 1.47 bits per heavy atom. The molecule has 4 amide bonds. The number of hydrogen-bond donors (Lipinski definition) is 5. The van der Waals surface area contributed by atoms with Gasteiger partial charge >= 0.3 is 13.8 Å². The van der Waals surface area contributed by atoms with Crippen LogP contribution in [0, 0.1) is 33.1 Å². The largest absolute Gasteiger partial charge is 0.469 e. The van der Waals surface area contributed by atoms with Crippen LogP contribution in [0.15, 0.2) is 59.0 Å². The van der Waals surface area contributed by atoms with Gasteiger partial charge in [0.25, 0.3) is 0 Å². The molecule has 0 aliphatic carbocycles. The summed E-state index contributed by atoms with van der Waals surface area (Å²) in [6, 6.07) is 12.6. The molecule has 0 saturated carbocycles. The van der Waals surface area contributed by atoms with Crippen LogP contribution in [-0.2, 0) is 58.6 Å². The molecule has 26 heteroatoms. The van der Waals surface area contributed by atoms with Crippen LogP contribution in [0.5, 0.6) is 0 Å². The van der Waals surface area contributed by atoms with Gasteiger partial charge in [-0.3, -0.25) is 38.1 Å². The van der Waals surface area contributed by atoms with Crippen LogP contribution in [0.3, 0.4) is 0 Å². The van der Waals surface area contributed by atoms with E-state index in [1.807, 2.05) is 87.7 Å². The summed E-state index contributed by atoms with van der Waals surface area (Å²) in [5.41, 5.74) is 7.51. The normalized spacial score (nSPS) is 16.3. The van der Waals surface area contributed by atoms with Crippen LogP contribution in [0.2, 0.25) is 5.02 Å². The average molecular weight is 1250 g/mol. The molecule has 2 aliphatic rings. The number of aryl methyl sites for hydroxylation is 3. The molecular weight excluding hydrogens is 1170 g/mol. The third-order valence-corrected chi connectivity index (χ3v) is 17.5. The number of phosphoric ester groups is 1. The van der Waals surface area contributed by atoms with Gasteiger partial charge in [-0.1, -0.05) is 101 Å². The third-order valence-electron chi connectivity index (χ3n) is 14.6. The van der Waals surface area contributed by atoms with E-state index in [0.29, 0.717) is 29.5 Å². The quantitative estimate of drug-likeness (QED) is 0.0153. The van der Waals surface area contributed by atoms with Crippen molar-refractivity contribution in [3.8, 4) is 15.4 Å². The second-order valence-electron chi connectivity index (χ2n) is 22.2. The van der Waals surface area contributed by atoms with E-state index in [1.54, 1.807) is 28.2 Å². The van der Waals surface area contributed by atoms with Gasteiger partial charge in [0.05, 0.1) is 74.4 Å². The van der Waals surface area contributed by atoms with E-state index >= 15 is 0 Å². The molecule has 5 aromatic rings. The molecule has 7 rings (SSSR count). The van der Waals surface area contributed by atoms with Crippen molar-refractivity contribution < 1.29 is 61.8 Å². The van der Waals surface area contributed by atoms with Crippen molar-refractivity contribution in [3.05, 3.63) is 104 Å². The Hall–Kier alpha value is -5.79. The van der Waals surface area contributed by atoms with E-state index in [0.717, 1.165) is 86.1 Å². The van der Waals surface area contributed by atoms with Gasteiger partial charge in [-0.25, -0.2) is 9.55 Å². The number of halogens is 1. The fourth-order valence-corrected chi connectivity index (χ4v) is 12.5. The maximum absolute atomic E-state index is 14.6. The number of nitrogens with one attached hydrogen (secondary N) is 3. The minimum absolute atomic E-state index is 0.00454. The van der Waals surface area contributed by atoms with Gasteiger partial charge in [0.1, 0.15) is 41.7 Å². The van der Waals surface area contributed by atoms with Gasteiger partial charge in [0.2, 0.25) is 23.6 Å². The Kier molecular flexibility index (Phi) is 24.9. The first kappa shape index (κ1) is 66.7. The minimum Gasteiger partial charge on any atom is -0.460 e. The first-order valence-electron chi connectivity index (χ1n) is 28.7. The van der Waals surface area contributed by atoms with Crippen LogP contribution < -0.4 is 16.0 Å². The highest BCUT2D eigenvalue weighted by Gasteiger charge is 2.46. The fourth-order valence-electron chi connectivity index (χ4n) is 9.98. The Morgan fingerprint density at radius 1 is 0.812 bits per heavy atom. The molecular formula is C59H79ClN9O13PS2. The molecule has 0 radical (unpaired) electrons. The number of hydrogen-bond acceptors (Lipinski definition) is 17. The van der Waals surface area contributed by atoms with E-state index in [9.17, 15) is 28.5 Å². The average Bonchev–Trinajstić information content (AvgIpc) is 2.04. The van der Waals surface area contributed by atoms with Crippen LogP contribution in [0.25, 0.3) is 15.4 Å². The summed E-state index contributed by atoms with van der Waals surface area (Å²) in [7, 11) is -4.46. The summed E-state index contributed by atoms with van der Waals surface area (Å²) in [6.45, 7) is 14.4. The van der Waals surface area contributed by atoms with Gasteiger partial charge < -0.3 is 49.6 Å². The molecule has 0 unspecified atom stereocenters. The van der Waals surface area contributed by atoms with Crippen LogP contribution >= 0.6 is 42.1 Å². The number of ether oxygens (including phenoxy) is 4. The van der Waals surface area contributed by atoms with Crippen molar-refractivity contribution in [2.24, 2.45) is 10.4 Å². The van der Waals surface area contributed by atoms with E-state index in [1.165, 1.54) is 4.90 Å². The number of benzene rings is 2. The molecule has 1 saturated heterocycles. The summed E-state index contributed by atoms with van der Waals surface area (Å²) < 4.78 is 40.2. The van der Waals surface area contributed by atoms with Crippen LogP contribution in [-0.4, -0.2) is 147 Å². The number of thiazole rings is 1. The molecule has 0 bridgehead atoms. The number of rotatable bonds is 32. The number of carbonyl (C=O) groups is 5. The summed E-state index contributed by atoms with van der Waals surface area (Å²) in [4.78, 5) is 99.3. The lowest BCUT2D eigenvalue weighted by atomic mass is 9.85. The number of thiophene rings is 1. The predicted molar refractivity (Wildman–Crippen MR) is 324 cm³/mol. The number of likely N-dealkylation sites (tertiary alicyclic amines) is 1. The highest BCUT2D eigenvalue weighted by Crippen LogP contribution is 2.40. The van der Waals surface area contributed by atoms with Crippen molar-refractivity contribution >= 4 is 77.4 Å². The van der Waals surface area contributed by atoms with Gasteiger partial charge in [-0.05, 0) is 74.8 Å². The second-order valence-corrected chi connectivity index (χ2v) is 25.9. The second kappa shape index (κ2) is 31.7. The van der Waals surface area contributed by atoms with E-state index in [4.69, 9.17) is 45.3 Å². The highest BCUT2D eigenvalue weighted by atomic mass is 35.5. The van der Waals surface area contributed by atoms with Gasteiger partial charge in [0.15, 0.2) is 5.82 Å². The number of phosphoric acid groups is 1. The summed E-state index contributed by atoms with van der Waals surface area (Å²) >= 11 is 9.44. The van der Waals surface area contributed by atoms with E-state index in [-0.39, 0.29) is 91.1 Å². The topological polar surface area (TPSA) is 284 Å². The van der Waals surface area contributed by atoms with Crippen molar-refractivity contribution in [3.63, 3.8) is 0 Å². The Balaban J connectivity index is 0.832. The zero-order valence-corrected chi connectivity index (χ0v) is 52.6. The zero-order valence-electron chi connectivity index (χ0n) is 49.4. The van der Waals surface area contributed by atoms with E-state index in [2.05, 4.69) is 49.5 Å². The number of fused-ring (bicyclic) bond motifs is 3. The van der Waals surface area contributed by atoms with Gasteiger partial charge in [-0.15, -0.1) is 32.9 Å². The summed E-state index contributed by atoms with van der Waals surface area (Å²) in [6.07, 6.45) is 4.80. The number of unbranched alkanes of at least 4 members (excludes halogenated alkanes) is 6. The molecule has 2 aliphatic heterocycles. The predicted octanol–water partition coefficient (Wildman–Crippen LogP) is 8.38. The molecule has 3 aromatic heterocycles. The third kappa shape index (κ3) is 19.6.